The Labute approximate surface area is 168 Å². The molecule has 2 heterocycles. The van der Waals surface area contributed by atoms with Crippen molar-refractivity contribution < 1.29 is 18.7 Å². The zero-order chi connectivity index (χ0) is 20.2. The lowest BCUT2D eigenvalue weighted by Crippen LogP contribution is -2.21. The van der Waals surface area contributed by atoms with Gasteiger partial charge in [-0.15, -0.1) is 11.3 Å². The van der Waals surface area contributed by atoms with E-state index in [-0.39, 0.29) is 11.4 Å². The highest BCUT2D eigenvalue weighted by atomic mass is 32.1. The van der Waals surface area contributed by atoms with Gasteiger partial charge in [-0.2, -0.15) is 0 Å². The van der Waals surface area contributed by atoms with Gasteiger partial charge in [0.05, 0.1) is 16.8 Å². The van der Waals surface area contributed by atoms with E-state index in [1.54, 1.807) is 35.7 Å². The number of para-hydroxylation sites is 1. The van der Waals surface area contributed by atoms with Crippen LogP contribution in [-0.2, 0) is 9.53 Å². The maximum absolute atomic E-state index is 13.0. The average molecular weight is 408 g/mol. The third-order valence-corrected chi connectivity index (χ3v) is 4.70. The van der Waals surface area contributed by atoms with Gasteiger partial charge < -0.3 is 4.74 Å². The number of nitrogens with one attached hydrogen (secondary N) is 1. The van der Waals surface area contributed by atoms with E-state index in [2.05, 4.69) is 20.3 Å². The number of hydrogen-bond donors (Lipinski definition) is 1. The largest absolute Gasteiger partial charge is 0.452 e. The second-order valence-corrected chi connectivity index (χ2v) is 6.76. The highest BCUT2D eigenvalue weighted by Gasteiger charge is 2.15. The molecule has 0 unspecified atom stereocenters. The quantitative estimate of drug-likeness (QED) is 0.506. The first kappa shape index (κ1) is 18.6. The highest BCUT2D eigenvalue weighted by molar-refractivity contribution is 7.14. The normalized spacial score (nSPS) is 10.7. The molecule has 0 spiro atoms. The minimum absolute atomic E-state index is 0.233. The van der Waals surface area contributed by atoms with Gasteiger partial charge in [0.2, 0.25) is 0 Å². The molecule has 1 amide bonds. The number of carbonyl (C=O) groups is 2. The minimum Gasteiger partial charge on any atom is -0.452 e. The van der Waals surface area contributed by atoms with Crippen LogP contribution < -0.4 is 5.32 Å². The Morgan fingerprint density at radius 2 is 1.86 bits per heavy atom. The van der Waals surface area contributed by atoms with Crippen molar-refractivity contribution in [2.75, 3.05) is 11.9 Å². The number of halogens is 1. The summed E-state index contributed by atoms with van der Waals surface area (Å²) in [5, 5.41) is 4.66. The van der Waals surface area contributed by atoms with Crippen molar-refractivity contribution in [3.63, 3.8) is 0 Å². The van der Waals surface area contributed by atoms with Gasteiger partial charge in [-0.25, -0.2) is 14.2 Å². The van der Waals surface area contributed by atoms with Gasteiger partial charge in [-0.05, 0) is 36.4 Å². The zero-order valence-corrected chi connectivity index (χ0v) is 15.6. The van der Waals surface area contributed by atoms with Gasteiger partial charge >= 0.3 is 5.97 Å². The molecular weight excluding hydrogens is 395 g/mol. The molecule has 29 heavy (non-hydrogen) atoms. The standard InChI is InChI=1S/C20H13FN4O3S/c21-13-6-4-12(5-7-13)16-11-29-20(24-16)25-17(26)10-28-19(27)14-2-1-3-15-18(14)23-9-8-22-15/h1-9,11H,10H2,(H,24,25,26). The van der Waals surface area contributed by atoms with Gasteiger partial charge in [0.25, 0.3) is 5.91 Å². The molecule has 0 aliphatic carbocycles. The number of amides is 1. The van der Waals surface area contributed by atoms with Gasteiger partial charge in [0, 0.05) is 23.3 Å². The Kier molecular flexibility index (Phi) is 5.21. The molecule has 144 valence electrons. The van der Waals surface area contributed by atoms with Crippen LogP contribution in [0.3, 0.4) is 0 Å². The van der Waals surface area contributed by atoms with Crippen molar-refractivity contribution in [1.82, 2.24) is 15.0 Å². The van der Waals surface area contributed by atoms with Gasteiger partial charge in [0.1, 0.15) is 11.3 Å². The number of ether oxygens (including phenoxy) is 1. The number of benzene rings is 2. The SMILES string of the molecule is O=C(COC(=O)c1cccc2nccnc12)Nc1nc(-c2ccc(F)cc2)cs1. The summed E-state index contributed by atoms with van der Waals surface area (Å²) in [7, 11) is 0. The summed E-state index contributed by atoms with van der Waals surface area (Å²) in [5.41, 5.74) is 2.53. The van der Waals surface area contributed by atoms with Gasteiger partial charge in [0.15, 0.2) is 11.7 Å². The Balaban J connectivity index is 1.38. The molecule has 0 bridgehead atoms. The van der Waals surface area contributed by atoms with Crippen molar-refractivity contribution >= 4 is 39.4 Å². The average Bonchev–Trinajstić information content (AvgIpc) is 3.20. The monoisotopic (exact) mass is 408 g/mol. The van der Waals surface area contributed by atoms with Crippen LogP contribution in [0.25, 0.3) is 22.3 Å². The first-order valence-corrected chi connectivity index (χ1v) is 9.36. The molecular formula is C20H13FN4O3S. The van der Waals surface area contributed by atoms with Crippen LogP contribution in [0.2, 0.25) is 0 Å². The molecule has 0 saturated carbocycles. The van der Waals surface area contributed by atoms with E-state index < -0.39 is 18.5 Å². The van der Waals surface area contributed by atoms with Crippen LogP contribution in [0, 0.1) is 5.82 Å². The Morgan fingerprint density at radius 3 is 2.69 bits per heavy atom. The number of thiazole rings is 1. The number of hydrogen-bond acceptors (Lipinski definition) is 7. The molecule has 9 heteroatoms. The van der Waals surface area contributed by atoms with Crippen LogP contribution in [0.1, 0.15) is 10.4 Å². The fraction of sp³-hybridized carbons (Fsp3) is 0.0500. The minimum atomic E-state index is -0.669. The van der Waals surface area contributed by atoms with Crippen LogP contribution in [0.4, 0.5) is 9.52 Å². The lowest BCUT2D eigenvalue weighted by atomic mass is 10.2. The number of nitrogens with zero attached hydrogens (tertiary/aromatic N) is 3. The van der Waals surface area contributed by atoms with Crippen molar-refractivity contribution in [2.24, 2.45) is 0 Å². The summed E-state index contributed by atoms with van der Waals surface area (Å²) >= 11 is 1.21. The molecule has 7 nitrogen and oxygen atoms in total. The van der Waals surface area contributed by atoms with E-state index in [1.165, 1.54) is 35.9 Å². The first-order valence-electron chi connectivity index (χ1n) is 8.48. The van der Waals surface area contributed by atoms with Crippen LogP contribution in [0.5, 0.6) is 0 Å². The molecule has 0 saturated heterocycles. The van der Waals surface area contributed by atoms with E-state index in [9.17, 15) is 14.0 Å². The smallest absolute Gasteiger partial charge is 0.340 e. The molecule has 0 radical (unpaired) electrons. The molecule has 1 N–H and O–H groups in total. The summed E-state index contributed by atoms with van der Waals surface area (Å²) in [4.78, 5) is 37.0. The van der Waals surface area contributed by atoms with Crippen LogP contribution in [-0.4, -0.2) is 33.4 Å². The third kappa shape index (κ3) is 4.25. The van der Waals surface area contributed by atoms with E-state index in [1.807, 2.05) is 0 Å². The topological polar surface area (TPSA) is 94.1 Å². The maximum atomic E-state index is 13.0. The second-order valence-electron chi connectivity index (χ2n) is 5.90. The third-order valence-electron chi connectivity index (χ3n) is 3.94. The van der Waals surface area contributed by atoms with E-state index in [0.29, 0.717) is 21.9 Å². The molecule has 2 aromatic heterocycles. The second kappa shape index (κ2) is 8.11. The number of esters is 1. The van der Waals surface area contributed by atoms with Gasteiger partial charge in [-0.3, -0.25) is 20.1 Å². The summed E-state index contributed by atoms with van der Waals surface area (Å²) in [6.45, 7) is -0.471. The highest BCUT2D eigenvalue weighted by Crippen LogP contribution is 2.25. The fourth-order valence-electron chi connectivity index (χ4n) is 2.61. The first-order chi connectivity index (χ1) is 14.1. The molecule has 4 aromatic rings. The van der Waals surface area contributed by atoms with Gasteiger partial charge in [-0.1, -0.05) is 6.07 Å². The Hall–Kier alpha value is -3.72. The predicted molar refractivity (Wildman–Crippen MR) is 106 cm³/mol. The van der Waals surface area contributed by atoms with E-state index in [0.717, 1.165) is 5.56 Å². The maximum Gasteiger partial charge on any atom is 0.340 e. The lowest BCUT2D eigenvalue weighted by molar-refractivity contribution is -0.119. The summed E-state index contributed by atoms with van der Waals surface area (Å²) in [5.74, 6) is -1.53. The predicted octanol–water partition coefficient (Wildman–Crippen LogP) is 3.69. The van der Waals surface area contributed by atoms with E-state index >= 15 is 0 Å². The van der Waals surface area contributed by atoms with Crippen molar-refractivity contribution in [3.8, 4) is 11.3 Å². The molecule has 0 aliphatic rings. The molecule has 4 rings (SSSR count). The van der Waals surface area contributed by atoms with Crippen LogP contribution >= 0.6 is 11.3 Å². The Morgan fingerprint density at radius 1 is 1.07 bits per heavy atom. The summed E-state index contributed by atoms with van der Waals surface area (Å²) in [6, 6.07) is 10.8. The number of fused-ring (bicyclic) bond motifs is 1. The van der Waals surface area contributed by atoms with Crippen molar-refractivity contribution in [3.05, 3.63) is 71.6 Å². The molecule has 0 aliphatic heterocycles. The molecule has 2 aromatic carbocycles. The lowest BCUT2D eigenvalue weighted by Gasteiger charge is -2.06. The zero-order valence-electron chi connectivity index (χ0n) is 14.8. The van der Waals surface area contributed by atoms with Crippen LogP contribution in [0.15, 0.2) is 60.2 Å². The number of rotatable bonds is 5. The number of anilines is 1. The molecule has 0 atom stereocenters. The summed E-state index contributed by atoms with van der Waals surface area (Å²) in [6.07, 6.45) is 3.01. The number of carbonyl (C=O) groups excluding carboxylic acids is 2. The fourth-order valence-corrected chi connectivity index (χ4v) is 3.34. The molecule has 0 fully saturated rings. The Bertz CT molecular complexity index is 1190. The van der Waals surface area contributed by atoms with Crippen molar-refractivity contribution in [1.29, 1.82) is 0 Å². The van der Waals surface area contributed by atoms with E-state index in [4.69, 9.17) is 4.74 Å². The number of aromatic nitrogens is 3. The summed E-state index contributed by atoms with van der Waals surface area (Å²) < 4.78 is 18.1. The van der Waals surface area contributed by atoms with Crippen molar-refractivity contribution in [2.45, 2.75) is 0 Å².